The Balaban J connectivity index is 2.67. The molecule has 0 saturated heterocycles. The second-order valence-electron chi connectivity index (χ2n) is 3.76. The van der Waals surface area contributed by atoms with Crippen LogP contribution in [0.3, 0.4) is 0 Å². The molecule has 14 heavy (non-hydrogen) atoms. The van der Waals surface area contributed by atoms with Gasteiger partial charge < -0.3 is 10.3 Å². The fraction of sp³-hybridized carbons (Fsp3) is 0.333. The quantitative estimate of drug-likeness (QED) is 0.744. The van der Waals surface area contributed by atoms with Gasteiger partial charge in [0.15, 0.2) is 0 Å². The average Bonchev–Trinajstić information content (AvgIpc) is 2.48. The number of aromatic amines is 1. The zero-order valence-electron chi connectivity index (χ0n) is 8.94. The van der Waals surface area contributed by atoms with E-state index in [9.17, 15) is 0 Å². The molecule has 0 bridgehead atoms. The summed E-state index contributed by atoms with van der Waals surface area (Å²) in [6, 6.07) is 6.43. The Bertz CT molecular complexity index is 455. The summed E-state index contributed by atoms with van der Waals surface area (Å²) in [6.45, 7) is 5.21. The van der Waals surface area contributed by atoms with Crippen LogP contribution in [0.15, 0.2) is 18.2 Å². The van der Waals surface area contributed by atoms with E-state index >= 15 is 0 Å². The molecule has 0 amide bonds. The van der Waals surface area contributed by atoms with E-state index in [1.165, 1.54) is 27.7 Å². The van der Waals surface area contributed by atoms with Crippen LogP contribution in [0.2, 0.25) is 0 Å². The monoisotopic (exact) mass is 188 g/mol. The van der Waals surface area contributed by atoms with Gasteiger partial charge in [-0.1, -0.05) is 18.2 Å². The van der Waals surface area contributed by atoms with Crippen molar-refractivity contribution in [2.45, 2.75) is 20.4 Å². The number of aryl methyl sites for hydroxylation is 2. The lowest BCUT2D eigenvalue weighted by Crippen LogP contribution is -2.06. The molecule has 0 atom stereocenters. The smallest absolute Gasteiger partial charge is 0.0488 e. The van der Waals surface area contributed by atoms with Gasteiger partial charge in [-0.2, -0.15) is 0 Å². The molecule has 2 nitrogen and oxygen atoms in total. The molecule has 2 aromatic rings. The van der Waals surface area contributed by atoms with Gasteiger partial charge in [-0.3, -0.25) is 0 Å². The molecule has 1 aromatic carbocycles. The Morgan fingerprint density at radius 1 is 1.29 bits per heavy atom. The first-order chi connectivity index (χ1) is 6.74. The van der Waals surface area contributed by atoms with Gasteiger partial charge in [0.2, 0.25) is 0 Å². The molecule has 1 heterocycles. The van der Waals surface area contributed by atoms with Crippen molar-refractivity contribution in [3.05, 3.63) is 35.0 Å². The number of fused-ring (bicyclic) bond motifs is 1. The standard InChI is InChI=1S/C12H16N2/c1-8-5-4-6-10-9(2)11(7-13-3)14-12(8)10/h4-6,13-14H,7H2,1-3H3. The Kier molecular flexibility index (Phi) is 2.30. The summed E-state index contributed by atoms with van der Waals surface area (Å²) in [5.41, 5.74) is 5.23. The number of benzene rings is 1. The number of para-hydroxylation sites is 1. The van der Waals surface area contributed by atoms with Gasteiger partial charge in [-0.15, -0.1) is 0 Å². The highest BCUT2D eigenvalue weighted by atomic mass is 14.9. The number of rotatable bonds is 2. The fourth-order valence-corrected chi connectivity index (χ4v) is 1.91. The van der Waals surface area contributed by atoms with E-state index in [4.69, 9.17) is 0 Å². The Morgan fingerprint density at radius 2 is 2.07 bits per heavy atom. The lowest BCUT2D eigenvalue weighted by atomic mass is 10.1. The van der Waals surface area contributed by atoms with Gasteiger partial charge in [0.1, 0.15) is 0 Å². The topological polar surface area (TPSA) is 27.8 Å². The molecule has 74 valence electrons. The van der Waals surface area contributed by atoms with Gasteiger partial charge in [-0.05, 0) is 32.0 Å². The van der Waals surface area contributed by atoms with Crippen LogP contribution in [0, 0.1) is 13.8 Å². The molecule has 2 N–H and O–H groups in total. The number of hydrogen-bond acceptors (Lipinski definition) is 1. The number of hydrogen-bond donors (Lipinski definition) is 2. The van der Waals surface area contributed by atoms with Gasteiger partial charge in [0.05, 0.1) is 0 Å². The van der Waals surface area contributed by atoms with Crippen molar-refractivity contribution in [3.8, 4) is 0 Å². The van der Waals surface area contributed by atoms with Crippen LogP contribution in [0.25, 0.3) is 10.9 Å². The lowest BCUT2D eigenvalue weighted by molar-refractivity contribution is 0.794. The van der Waals surface area contributed by atoms with E-state index in [1.54, 1.807) is 0 Å². The number of nitrogens with one attached hydrogen (secondary N) is 2. The first-order valence-corrected chi connectivity index (χ1v) is 4.95. The zero-order chi connectivity index (χ0) is 10.1. The maximum Gasteiger partial charge on any atom is 0.0488 e. The van der Waals surface area contributed by atoms with Gasteiger partial charge in [-0.25, -0.2) is 0 Å². The Labute approximate surface area is 84.3 Å². The average molecular weight is 188 g/mol. The van der Waals surface area contributed by atoms with E-state index in [0.717, 1.165) is 6.54 Å². The molecule has 0 aliphatic carbocycles. The maximum atomic E-state index is 3.47. The summed E-state index contributed by atoms with van der Waals surface area (Å²) < 4.78 is 0. The first kappa shape index (κ1) is 9.28. The van der Waals surface area contributed by atoms with Crippen molar-refractivity contribution in [1.82, 2.24) is 10.3 Å². The van der Waals surface area contributed by atoms with Crippen LogP contribution in [-0.4, -0.2) is 12.0 Å². The summed E-state index contributed by atoms with van der Waals surface area (Å²) >= 11 is 0. The van der Waals surface area contributed by atoms with Gasteiger partial charge in [0, 0.05) is 23.1 Å². The third kappa shape index (κ3) is 1.32. The largest absolute Gasteiger partial charge is 0.357 e. The summed E-state index contributed by atoms with van der Waals surface area (Å²) in [7, 11) is 1.97. The van der Waals surface area contributed by atoms with E-state index in [1.807, 2.05) is 7.05 Å². The van der Waals surface area contributed by atoms with Crippen LogP contribution in [-0.2, 0) is 6.54 Å². The van der Waals surface area contributed by atoms with E-state index in [2.05, 4.69) is 42.3 Å². The van der Waals surface area contributed by atoms with Crippen LogP contribution in [0.1, 0.15) is 16.8 Å². The molecular formula is C12H16N2. The van der Waals surface area contributed by atoms with Crippen molar-refractivity contribution in [3.63, 3.8) is 0 Å². The molecule has 2 rings (SSSR count). The first-order valence-electron chi connectivity index (χ1n) is 4.95. The molecule has 0 spiro atoms. The second kappa shape index (κ2) is 3.46. The molecule has 0 saturated carbocycles. The lowest BCUT2D eigenvalue weighted by Gasteiger charge is -1.96. The van der Waals surface area contributed by atoms with Crippen molar-refractivity contribution in [2.75, 3.05) is 7.05 Å². The zero-order valence-corrected chi connectivity index (χ0v) is 8.94. The summed E-state index contributed by atoms with van der Waals surface area (Å²) in [5.74, 6) is 0. The number of aromatic nitrogens is 1. The summed E-state index contributed by atoms with van der Waals surface area (Å²) in [6.07, 6.45) is 0. The highest BCUT2D eigenvalue weighted by Crippen LogP contribution is 2.23. The molecule has 0 radical (unpaired) electrons. The summed E-state index contributed by atoms with van der Waals surface area (Å²) in [4.78, 5) is 3.47. The minimum atomic E-state index is 0.903. The second-order valence-corrected chi connectivity index (χ2v) is 3.76. The van der Waals surface area contributed by atoms with Crippen LogP contribution < -0.4 is 5.32 Å². The Hall–Kier alpha value is -1.28. The number of H-pyrrole nitrogens is 1. The van der Waals surface area contributed by atoms with Crippen molar-refractivity contribution >= 4 is 10.9 Å². The van der Waals surface area contributed by atoms with Crippen molar-refractivity contribution in [1.29, 1.82) is 0 Å². The van der Waals surface area contributed by atoms with Crippen molar-refractivity contribution < 1.29 is 0 Å². The molecule has 2 heteroatoms. The highest BCUT2D eigenvalue weighted by molar-refractivity contribution is 5.86. The van der Waals surface area contributed by atoms with Crippen LogP contribution >= 0.6 is 0 Å². The molecule has 0 fully saturated rings. The van der Waals surface area contributed by atoms with Crippen LogP contribution in [0.4, 0.5) is 0 Å². The van der Waals surface area contributed by atoms with E-state index in [-0.39, 0.29) is 0 Å². The minimum absolute atomic E-state index is 0.903. The minimum Gasteiger partial charge on any atom is -0.357 e. The predicted octanol–water partition coefficient (Wildman–Crippen LogP) is 2.50. The predicted molar refractivity (Wildman–Crippen MR) is 60.5 cm³/mol. The third-order valence-corrected chi connectivity index (χ3v) is 2.76. The summed E-state index contributed by atoms with van der Waals surface area (Å²) in [5, 5.41) is 4.52. The molecule has 0 unspecified atom stereocenters. The van der Waals surface area contributed by atoms with Gasteiger partial charge >= 0.3 is 0 Å². The maximum absolute atomic E-state index is 3.47. The highest BCUT2D eigenvalue weighted by Gasteiger charge is 2.07. The molecule has 0 aliphatic rings. The SMILES string of the molecule is CNCc1[nH]c2c(C)cccc2c1C. The molecule has 1 aromatic heterocycles. The molecular weight excluding hydrogens is 172 g/mol. The van der Waals surface area contributed by atoms with E-state index in [0.29, 0.717) is 0 Å². The van der Waals surface area contributed by atoms with E-state index < -0.39 is 0 Å². The third-order valence-electron chi connectivity index (χ3n) is 2.76. The van der Waals surface area contributed by atoms with Crippen molar-refractivity contribution in [2.24, 2.45) is 0 Å². The van der Waals surface area contributed by atoms with Crippen LogP contribution in [0.5, 0.6) is 0 Å². The normalized spacial score (nSPS) is 11.1. The molecule has 0 aliphatic heterocycles. The fourth-order valence-electron chi connectivity index (χ4n) is 1.91. The Morgan fingerprint density at radius 3 is 2.71 bits per heavy atom. The van der Waals surface area contributed by atoms with Gasteiger partial charge in [0.25, 0.3) is 0 Å².